The first kappa shape index (κ1) is 9.01. The molecule has 2 atom stereocenters. The minimum Gasteiger partial charge on any atom is -0.324 e. The first-order valence-corrected chi connectivity index (χ1v) is 4.46. The van der Waals surface area contributed by atoms with E-state index in [1.807, 2.05) is 0 Å². The minimum absolute atomic E-state index is 0.737. The smallest absolute Gasteiger partial charge is 0.0986 e. The third-order valence-corrected chi connectivity index (χ3v) is 3.23. The van der Waals surface area contributed by atoms with E-state index in [1.165, 1.54) is 17.6 Å². The van der Waals surface area contributed by atoms with Crippen LogP contribution in [0.15, 0.2) is 0 Å². The highest BCUT2D eigenvalue weighted by Crippen LogP contribution is 2.17. The quantitative estimate of drug-likeness (QED) is 0.470. The maximum absolute atomic E-state index is 2.45. The molecule has 0 aromatic carbocycles. The van der Waals surface area contributed by atoms with Gasteiger partial charge in [0.25, 0.3) is 0 Å². The van der Waals surface area contributed by atoms with Crippen molar-refractivity contribution in [2.75, 3.05) is 34.2 Å². The molecule has 0 aromatic rings. The molecule has 0 radical (unpaired) electrons. The average molecular weight is 157 g/mol. The van der Waals surface area contributed by atoms with E-state index in [-0.39, 0.29) is 0 Å². The number of piperazine rings is 1. The molecule has 0 saturated carbocycles. The summed E-state index contributed by atoms with van der Waals surface area (Å²) < 4.78 is 1.17. The number of likely N-dealkylation sites (N-methyl/N-ethyl adjacent to an activating group) is 2. The van der Waals surface area contributed by atoms with E-state index in [2.05, 4.69) is 39.9 Å². The van der Waals surface area contributed by atoms with Crippen LogP contribution in [0.2, 0.25) is 0 Å². The molecule has 2 heteroatoms. The van der Waals surface area contributed by atoms with E-state index < -0.39 is 0 Å². The molecule has 11 heavy (non-hydrogen) atoms. The van der Waals surface area contributed by atoms with Gasteiger partial charge in [0.2, 0.25) is 0 Å². The third-order valence-electron chi connectivity index (χ3n) is 3.23. The van der Waals surface area contributed by atoms with Crippen LogP contribution in [0.3, 0.4) is 0 Å². The summed E-state index contributed by atoms with van der Waals surface area (Å²) in [6.07, 6.45) is 0. The number of hydrogen-bond acceptors (Lipinski definition) is 1. The molecule has 1 rings (SSSR count). The molecule has 0 spiro atoms. The van der Waals surface area contributed by atoms with E-state index in [0.717, 1.165) is 12.1 Å². The van der Waals surface area contributed by atoms with Crippen molar-refractivity contribution in [3.63, 3.8) is 0 Å². The lowest BCUT2D eigenvalue weighted by atomic mass is 10.1. The molecule has 2 unspecified atom stereocenters. The van der Waals surface area contributed by atoms with Crippen molar-refractivity contribution >= 4 is 0 Å². The van der Waals surface area contributed by atoms with Crippen LogP contribution in [0.1, 0.15) is 13.8 Å². The Morgan fingerprint density at radius 3 is 2.27 bits per heavy atom. The first-order chi connectivity index (χ1) is 4.93. The zero-order valence-corrected chi connectivity index (χ0v) is 8.46. The van der Waals surface area contributed by atoms with Crippen molar-refractivity contribution in [3.05, 3.63) is 0 Å². The van der Waals surface area contributed by atoms with Gasteiger partial charge in [-0.15, -0.1) is 0 Å². The summed E-state index contributed by atoms with van der Waals surface area (Å²) in [6.45, 7) is 7.15. The lowest BCUT2D eigenvalue weighted by Gasteiger charge is -2.46. The molecule has 2 nitrogen and oxygen atoms in total. The van der Waals surface area contributed by atoms with Crippen LogP contribution >= 0.6 is 0 Å². The van der Waals surface area contributed by atoms with Gasteiger partial charge in [-0.05, 0) is 20.9 Å². The van der Waals surface area contributed by atoms with Gasteiger partial charge in [0.05, 0.1) is 39.3 Å². The standard InChI is InChI=1S/C9H21N2/c1-8-7-11(4,5)9(2)6-10(8)3/h8-9H,6-7H2,1-5H3/q+1. The molecule has 1 saturated heterocycles. The Bertz CT molecular complexity index is 142. The maximum atomic E-state index is 2.45. The van der Waals surface area contributed by atoms with E-state index in [0.29, 0.717) is 0 Å². The summed E-state index contributed by atoms with van der Waals surface area (Å²) in [7, 11) is 6.88. The summed E-state index contributed by atoms with van der Waals surface area (Å²) in [5, 5.41) is 0. The fourth-order valence-corrected chi connectivity index (χ4v) is 1.82. The molecule has 0 aromatic heterocycles. The molecular formula is C9H21N2+. The summed E-state index contributed by atoms with van der Waals surface area (Å²) in [4.78, 5) is 2.45. The number of hydrogen-bond donors (Lipinski definition) is 0. The average Bonchev–Trinajstić information content (AvgIpc) is 1.83. The molecule has 0 bridgehead atoms. The Balaban J connectivity index is 2.63. The Hall–Kier alpha value is -0.0800. The zero-order chi connectivity index (χ0) is 8.65. The van der Waals surface area contributed by atoms with E-state index in [4.69, 9.17) is 0 Å². The normalized spacial score (nSPS) is 39.0. The van der Waals surface area contributed by atoms with Crippen LogP contribution in [0.25, 0.3) is 0 Å². The molecule has 0 N–H and O–H groups in total. The summed E-state index contributed by atoms with van der Waals surface area (Å²) in [6, 6.07) is 1.51. The lowest BCUT2D eigenvalue weighted by molar-refractivity contribution is -0.920. The monoisotopic (exact) mass is 157 g/mol. The second-order valence-electron chi connectivity index (χ2n) is 4.60. The highest BCUT2D eigenvalue weighted by molar-refractivity contribution is 4.72. The van der Waals surface area contributed by atoms with Crippen LogP contribution < -0.4 is 0 Å². The Kier molecular flexibility index (Phi) is 2.26. The second-order valence-corrected chi connectivity index (χ2v) is 4.60. The molecule has 1 fully saturated rings. The SMILES string of the molecule is CC1C[N+](C)(C)C(C)CN1C. The second kappa shape index (κ2) is 2.76. The maximum Gasteiger partial charge on any atom is 0.0986 e. The predicted molar refractivity (Wildman–Crippen MR) is 48.5 cm³/mol. The van der Waals surface area contributed by atoms with Crippen molar-refractivity contribution in [2.24, 2.45) is 0 Å². The molecule has 1 aliphatic heterocycles. The highest BCUT2D eigenvalue weighted by atomic mass is 15.4. The topological polar surface area (TPSA) is 3.24 Å². The predicted octanol–water partition coefficient (Wildman–Crippen LogP) is 0.785. The Morgan fingerprint density at radius 1 is 1.27 bits per heavy atom. The fourth-order valence-electron chi connectivity index (χ4n) is 1.82. The Labute approximate surface area is 70.4 Å². The third kappa shape index (κ3) is 1.74. The van der Waals surface area contributed by atoms with Gasteiger partial charge in [0.15, 0.2) is 0 Å². The van der Waals surface area contributed by atoms with Crippen molar-refractivity contribution in [1.82, 2.24) is 4.90 Å². The van der Waals surface area contributed by atoms with Crippen LogP contribution in [0.4, 0.5) is 0 Å². The van der Waals surface area contributed by atoms with Crippen molar-refractivity contribution in [3.8, 4) is 0 Å². The van der Waals surface area contributed by atoms with Gasteiger partial charge in [-0.1, -0.05) is 0 Å². The lowest BCUT2D eigenvalue weighted by Crippen LogP contribution is -2.62. The summed E-state index contributed by atoms with van der Waals surface area (Å²) >= 11 is 0. The van der Waals surface area contributed by atoms with Gasteiger partial charge in [0, 0.05) is 0 Å². The van der Waals surface area contributed by atoms with Gasteiger partial charge >= 0.3 is 0 Å². The zero-order valence-electron chi connectivity index (χ0n) is 8.46. The van der Waals surface area contributed by atoms with Gasteiger partial charge in [0.1, 0.15) is 0 Å². The van der Waals surface area contributed by atoms with Crippen molar-refractivity contribution < 1.29 is 4.48 Å². The molecule has 0 aliphatic carbocycles. The molecule has 66 valence electrons. The van der Waals surface area contributed by atoms with Crippen LogP contribution in [-0.2, 0) is 0 Å². The fraction of sp³-hybridized carbons (Fsp3) is 1.00. The summed E-state index contributed by atoms with van der Waals surface area (Å²) in [5.41, 5.74) is 0. The van der Waals surface area contributed by atoms with Crippen molar-refractivity contribution in [1.29, 1.82) is 0 Å². The van der Waals surface area contributed by atoms with Gasteiger partial charge in [-0.2, -0.15) is 0 Å². The number of quaternary nitrogens is 1. The number of rotatable bonds is 0. The largest absolute Gasteiger partial charge is 0.324 e. The van der Waals surface area contributed by atoms with Gasteiger partial charge in [-0.25, -0.2) is 0 Å². The number of nitrogens with zero attached hydrogens (tertiary/aromatic N) is 2. The van der Waals surface area contributed by atoms with Crippen LogP contribution in [0, 0.1) is 0 Å². The molecule has 1 aliphatic rings. The highest BCUT2D eigenvalue weighted by Gasteiger charge is 2.34. The molecule has 1 heterocycles. The van der Waals surface area contributed by atoms with E-state index in [1.54, 1.807) is 0 Å². The first-order valence-electron chi connectivity index (χ1n) is 4.46. The molecular weight excluding hydrogens is 136 g/mol. The summed E-state index contributed by atoms with van der Waals surface area (Å²) in [5.74, 6) is 0. The van der Waals surface area contributed by atoms with E-state index in [9.17, 15) is 0 Å². The Morgan fingerprint density at radius 2 is 1.82 bits per heavy atom. The van der Waals surface area contributed by atoms with Crippen LogP contribution in [-0.4, -0.2) is 55.7 Å². The molecule has 0 amide bonds. The minimum atomic E-state index is 0.737. The van der Waals surface area contributed by atoms with E-state index >= 15 is 0 Å². The van der Waals surface area contributed by atoms with Crippen molar-refractivity contribution in [2.45, 2.75) is 25.9 Å². The van der Waals surface area contributed by atoms with Gasteiger partial charge in [-0.3, -0.25) is 4.90 Å². The van der Waals surface area contributed by atoms with Crippen LogP contribution in [0.5, 0.6) is 0 Å². The van der Waals surface area contributed by atoms with Gasteiger partial charge < -0.3 is 4.48 Å².